The lowest BCUT2D eigenvalue weighted by Gasteiger charge is -2.26. The third-order valence-electron chi connectivity index (χ3n) is 2.71. The zero-order valence-corrected chi connectivity index (χ0v) is 18.7. The molecule has 0 nitrogen and oxygen atoms in total. The van der Waals surface area contributed by atoms with Crippen molar-refractivity contribution in [2.24, 2.45) is 0 Å². The number of hydrogen-bond acceptors (Lipinski definition) is 8. The Morgan fingerprint density at radius 2 is 1.38 bits per heavy atom. The first-order chi connectivity index (χ1) is 10.0. The van der Waals surface area contributed by atoms with Gasteiger partial charge in [0.15, 0.2) is 0 Å². The van der Waals surface area contributed by atoms with Crippen LogP contribution in [0.15, 0.2) is 20.6 Å². The van der Waals surface area contributed by atoms with Gasteiger partial charge in [-0.25, -0.2) is 0 Å². The quantitative estimate of drug-likeness (QED) is 0.336. The fourth-order valence-corrected chi connectivity index (χ4v) is 10.2. The van der Waals surface area contributed by atoms with E-state index in [1.54, 1.807) is 0 Å². The maximum atomic E-state index is 4.35. The highest BCUT2D eigenvalue weighted by Gasteiger charge is 2.27. The summed E-state index contributed by atoms with van der Waals surface area (Å²) in [5.41, 5.74) is 0. The summed E-state index contributed by atoms with van der Waals surface area (Å²) in [6.07, 6.45) is 0. The molecular weight excluding hydrogens is 413 g/mol. The molecule has 0 amide bonds. The first kappa shape index (κ1) is 19.6. The van der Waals surface area contributed by atoms with E-state index in [0.29, 0.717) is 9.16 Å². The molecule has 21 heavy (non-hydrogen) atoms. The Morgan fingerprint density at radius 3 is 1.71 bits per heavy atom. The van der Waals surface area contributed by atoms with Crippen LogP contribution in [0.4, 0.5) is 0 Å². The average Bonchev–Trinajstić information content (AvgIpc) is 3.12. The summed E-state index contributed by atoms with van der Waals surface area (Å²) in [5, 5.41) is 4.55. The van der Waals surface area contributed by atoms with Gasteiger partial charge in [0.05, 0.1) is 13.2 Å². The van der Waals surface area contributed by atoms with E-state index >= 15 is 0 Å². The molecule has 2 atom stereocenters. The van der Waals surface area contributed by atoms with Gasteiger partial charge < -0.3 is 0 Å². The van der Waals surface area contributed by atoms with E-state index in [-0.39, 0.29) is 4.08 Å². The predicted octanol–water partition coefficient (Wildman–Crippen LogP) is 6.34. The smallest absolute Gasteiger partial charge is 0.0679 e. The lowest BCUT2D eigenvalue weighted by molar-refractivity contribution is 1.02. The molecule has 0 aromatic carbocycles. The van der Waals surface area contributed by atoms with Crippen molar-refractivity contribution in [1.29, 1.82) is 0 Å². The minimum absolute atomic E-state index is 0.287. The zero-order chi connectivity index (χ0) is 15.3. The summed E-state index contributed by atoms with van der Waals surface area (Å²) in [7, 11) is 0. The van der Waals surface area contributed by atoms with E-state index in [2.05, 4.69) is 73.4 Å². The van der Waals surface area contributed by atoms with Gasteiger partial charge in [0.25, 0.3) is 0 Å². The summed E-state index contributed by atoms with van der Waals surface area (Å²) < 4.78 is 1.63. The van der Waals surface area contributed by atoms with Crippen molar-refractivity contribution in [3.05, 3.63) is 20.6 Å². The van der Waals surface area contributed by atoms with Crippen molar-refractivity contribution in [2.45, 2.75) is 27.1 Å². The predicted molar refractivity (Wildman–Crippen MR) is 121 cm³/mol. The summed E-state index contributed by atoms with van der Waals surface area (Å²) in [5.74, 6) is 4.17. The lowest BCUT2D eigenvalue weighted by atomic mass is 10.5. The molecule has 120 valence electrons. The Bertz CT molecular complexity index is 367. The third kappa shape index (κ3) is 6.96. The second-order valence-electron chi connectivity index (χ2n) is 4.87. The Labute approximate surface area is 165 Å². The second kappa shape index (κ2) is 9.68. The molecule has 0 aromatic heterocycles. The minimum atomic E-state index is 0.287. The summed E-state index contributed by atoms with van der Waals surface area (Å²) in [4.78, 5) is 2.84. The van der Waals surface area contributed by atoms with Crippen LogP contribution in [0.3, 0.4) is 0 Å². The van der Waals surface area contributed by atoms with Gasteiger partial charge in [0.1, 0.15) is 0 Å². The van der Waals surface area contributed by atoms with Crippen molar-refractivity contribution >= 4 is 95.8 Å². The molecule has 2 aliphatic heterocycles. The Kier molecular flexibility index (Phi) is 9.04. The van der Waals surface area contributed by atoms with E-state index in [1.807, 2.05) is 47.0 Å². The van der Waals surface area contributed by atoms with Gasteiger partial charge in [0, 0.05) is 32.8 Å². The maximum Gasteiger partial charge on any atom is 0.0679 e. The molecule has 2 aliphatic rings. The Hall–Kier alpha value is 2.28. The van der Waals surface area contributed by atoms with E-state index < -0.39 is 0 Å². The molecule has 0 saturated heterocycles. The van der Waals surface area contributed by atoms with Crippen LogP contribution < -0.4 is 0 Å². The van der Waals surface area contributed by atoms with Crippen LogP contribution in [0.5, 0.6) is 0 Å². The summed E-state index contributed by atoms with van der Waals surface area (Å²) in [6, 6.07) is 0. The lowest BCUT2D eigenvalue weighted by Crippen LogP contribution is -2.15. The number of thiol groups is 2. The van der Waals surface area contributed by atoms with E-state index in [1.165, 1.54) is 21.3 Å². The van der Waals surface area contributed by atoms with Gasteiger partial charge in [-0.05, 0) is 24.7 Å². The van der Waals surface area contributed by atoms with Gasteiger partial charge in [-0.2, -0.15) is 25.3 Å². The van der Waals surface area contributed by atoms with Crippen LogP contribution in [0.25, 0.3) is 0 Å². The molecule has 2 rings (SSSR count). The highest BCUT2D eigenvalue weighted by atomic mass is 32.2. The SMILES string of the molecule is CC(C)(SCC1SC=C(CS)S1)SCC1SC=C(CS)S1. The van der Waals surface area contributed by atoms with Crippen molar-refractivity contribution in [1.82, 2.24) is 0 Å². The zero-order valence-electron chi connectivity index (χ0n) is 12.0. The molecule has 0 saturated carbocycles. The molecule has 0 N–H and O–H groups in total. The van der Waals surface area contributed by atoms with Gasteiger partial charge in [-0.3, -0.25) is 0 Å². The number of thioether (sulfide) groups is 6. The maximum absolute atomic E-state index is 4.35. The number of hydrogen-bond donors (Lipinski definition) is 2. The average molecular weight is 433 g/mol. The molecule has 0 aromatic rings. The fourth-order valence-electron chi connectivity index (χ4n) is 1.63. The van der Waals surface area contributed by atoms with E-state index in [4.69, 9.17) is 0 Å². The molecular formula is C13H20S8. The van der Waals surface area contributed by atoms with Crippen LogP contribution >= 0.6 is 95.8 Å². The molecule has 0 spiro atoms. The molecule has 2 heterocycles. The second-order valence-corrected chi connectivity index (χ2v) is 14.5. The van der Waals surface area contributed by atoms with Crippen molar-refractivity contribution in [2.75, 3.05) is 23.0 Å². The summed E-state index contributed by atoms with van der Waals surface area (Å²) in [6.45, 7) is 4.72. The molecule has 0 radical (unpaired) electrons. The van der Waals surface area contributed by atoms with Crippen LogP contribution in [0.1, 0.15) is 13.8 Å². The first-order valence-corrected chi connectivity index (χ1v) is 13.4. The third-order valence-corrected chi connectivity index (χ3v) is 13.1. The number of rotatable bonds is 8. The molecule has 0 aliphatic carbocycles. The minimum Gasteiger partial charge on any atom is -0.174 e. The molecule has 0 bridgehead atoms. The normalized spacial score (nSPS) is 26.1. The topological polar surface area (TPSA) is 0 Å². The molecule has 8 heteroatoms. The van der Waals surface area contributed by atoms with Crippen molar-refractivity contribution < 1.29 is 0 Å². The van der Waals surface area contributed by atoms with Crippen LogP contribution in [0, 0.1) is 0 Å². The van der Waals surface area contributed by atoms with Crippen LogP contribution in [0.2, 0.25) is 0 Å². The Balaban J connectivity index is 1.64. The van der Waals surface area contributed by atoms with Crippen LogP contribution in [-0.4, -0.2) is 36.3 Å². The van der Waals surface area contributed by atoms with Crippen LogP contribution in [-0.2, 0) is 0 Å². The van der Waals surface area contributed by atoms with Gasteiger partial charge in [-0.1, -0.05) is 0 Å². The van der Waals surface area contributed by atoms with E-state index in [9.17, 15) is 0 Å². The van der Waals surface area contributed by atoms with Gasteiger partial charge in [-0.15, -0.1) is 70.6 Å². The first-order valence-electron chi connectivity index (χ1n) is 6.54. The van der Waals surface area contributed by atoms with E-state index in [0.717, 1.165) is 11.5 Å². The fraction of sp³-hybridized carbons (Fsp3) is 0.692. The molecule has 2 unspecified atom stereocenters. The van der Waals surface area contributed by atoms with Crippen molar-refractivity contribution in [3.8, 4) is 0 Å². The highest BCUT2D eigenvalue weighted by Crippen LogP contribution is 2.48. The largest absolute Gasteiger partial charge is 0.174 e. The monoisotopic (exact) mass is 432 g/mol. The molecule has 0 fully saturated rings. The summed E-state index contributed by atoms with van der Waals surface area (Å²) >= 11 is 20.8. The van der Waals surface area contributed by atoms with Gasteiger partial charge in [0.2, 0.25) is 0 Å². The Morgan fingerprint density at radius 1 is 0.952 bits per heavy atom. The standard InChI is InChI=1S/C13H20S8/c1-13(2,18-7-11-16-5-9(3-14)20-11)19-8-12-17-6-10(4-15)21-12/h5-6,11-12,14-15H,3-4,7-8H2,1-2H3. The van der Waals surface area contributed by atoms with Crippen molar-refractivity contribution in [3.63, 3.8) is 0 Å². The highest BCUT2D eigenvalue weighted by molar-refractivity contribution is 8.26. The van der Waals surface area contributed by atoms with Gasteiger partial charge >= 0.3 is 0 Å².